The molecule has 2 aromatic rings. The third-order valence-corrected chi connectivity index (χ3v) is 4.40. The molecule has 2 atom stereocenters. The third kappa shape index (κ3) is 4.45. The lowest BCUT2D eigenvalue weighted by molar-refractivity contribution is -0.133. The lowest BCUT2D eigenvalue weighted by atomic mass is 10.1. The highest BCUT2D eigenvalue weighted by atomic mass is 32.2. The van der Waals surface area contributed by atoms with Crippen LogP contribution in [0.4, 0.5) is 5.69 Å². The van der Waals surface area contributed by atoms with Crippen LogP contribution >= 0.6 is 0 Å². The predicted molar refractivity (Wildman–Crippen MR) is 97.7 cm³/mol. The summed E-state index contributed by atoms with van der Waals surface area (Å²) in [5.41, 5.74) is 1.20. The summed E-state index contributed by atoms with van der Waals surface area (Å²) in [6, 6.07) is 14.0. The highest BCUT2D eigenvalue weighted by Gasteiger charge is 2.33. The minimum Gasteiger partial charge on any atom is -0.482 e. The third-order valence-electron chi connectivity index (χ3n) is 3.80. The molecule has 0 unspecified atom stereocenters. The second-order valence-corrected chi connectivity index (χ2v) is 7.85. The molecule has 0 aromatic heterocycles. The maximum absolute atomic E-state index is 12.5. The number of nitrogens with one attached hydrogen (secondary N) is 2. The van der Waals surface area contributed by atoms with Crippen molar-refractivity contribution in [2.45, 2.75) is 25.7 Å². The van der Waals surface area contributed by atoms with Crippen molar-refractivity contribution in [1.29, 1.82) is 0 Å². The first-order valence-electron chi connectivity index (χ1n) is 8.08. The molecule has 0 fully saturated rings. The van der Waals surface area contributed by atoms with E-state index in [1.54, 1.807) is 43.3 Å². The van der Waals surface area contributed by atoms with Crippen LogP contribution in [0.2, 0.25) is 0 Å². The molecule has 0 radical (unpaired) electrons. The summed E-state index contributed by atoms with van der Waals surface area (Å²) < 4.78 is 36.5. The smallest absolute Gasteiger partial charge is 0.265 e. The maximum atomic E-state index is 12.5. The van der Waals surface area contributed by atoms with Crippen LogP contribution in [0.15, 0.2) is 48.5 Å². The van der Waals surface area contributed by atoms with Crippen molar-refractivity contribution in [2.75, 3.05) is 11.0 Å². The van der Waals surface area contributed by atoms with Crippen molar-refractivity contribution in [3.63, 3.8) is 0 Å². The molecule has 1 aliphatic heterocycles. The maximum Gasteiger partial charge on any atom is 0.265 e. The monoisotopic (exact) mass is 376 g/mol. The molecular weight excluding hydrogens is 356 g/mol. The predicted octanol–water partition coefficient (Wildman–Crippen LogP) is 1.90. The number of benzene rings is 2. The molecule has 1 heterocycles. The van der Waals surface area contributed by atoms with Crippen molar-refractivity contribution in [2.24, 2.45) is 0 Å². The summed E-state index contributed by atoms with van der Waals surface area (Å²) in [6.45, 7) is 2.02. The Bertz CT molecular complexity index is 913. The van der Waals surface area contributed by atoms with E-state index in [4.69, 9.17) is 9.47 Å². The SMILES string of the molecule is C[C@H]1Oc2ccccc2O[C@@H]1C(=O)NCc1cccc(NS(C)(=O)=O)c1. The largest absolute Gasteiger partial charge is 0.482 e. The van der Waals surface area contributed by atoms with E-state index in [0.29, 0.717) is 17.2 Å². The summed E-state index contributed by atoms with van der Waals surface area (Å²) in [5, 5.41) is 2.80. The molecule has 0 saturated heterocycles. The van der Waals surface area contributed by atoms with Gasteiger partial charge in [-0.1, -0.05) is 24.3 Å². The summed E-state index contributed by atoms with van der Waals surface area (Å²) in [5.74, 6) is 0.849. The van der Waals surface area contributed by atoms with E-state index in [2.05, 4.69) is 10.0 Å². The number of para-hydroxylation sites is 2. The number of anilines is 1. The molecule has 1 aliphatic rings. The lowest BCUT2D eigenvalue weighted by Crippen LogP contribution is -2.48. The topological polar surface area (TPSA) is 93.7 Å². The average molecular weight is 376 g/mol. The van der Waals surface area contributed by atoms with E-state index in [1.165, 1.54) is 0 Å². The van der Waals surface area contributed by atoms with E-state index in [9.17, 15) is 13.2 Å². The molecule has 26 heavy (non-hydrogen) atoms. The number of hydrogen-bond donors (Lipinski definition) is 2. The Morgan fingerprint density at radius 1 is 1.08 bits per heavy atom. The van der Waals surface area contributed by atoms with Crippen molar-refractivity contribution in [3.05, 3.63) is 54.1 Å². The van der Waals surface area contributed by atoms with Crippen LogP contribution in [0, 0.1) is 0 Å². The van der Waals surface area contributed by atoms with Crippen LogP contribution in [0.25, 0.3) is 0 Å². The van der Waals surface area contributed by atoms with Gasteiger partial charge in [-0.25, -0.2) is 8.42 Å². The second-order valence-electron chi connectivity index (χ2n) is 6.10. The summed E-state index contributed by atoms with van der Waals surface area (Å²) in [6.07, 6.45) is -0.105. The summed E-state index contributed by atoms with van der Waals surface area (Å²) in [7, 11) is -3.35. The van der Waals surface area contributed by atoms with Gasteiger partial charge >= 0.3 is 0 Å². The molecule has 7 nitrogen and oxygen atoms in total. The average Bonchev–Trinajstić information content (AvgIpc) is 2.58. The van der Waals surface area contributed by atoms with Crippen molar-refractivity contribution in [1.82, 2.24) is 5.32 Å². The molecule has 3 rings (SSSR count). The molecule has 0 aliphatic carbocycles. The Kier molecular flexibility index (Phi) is 5.03. The van der Waals surface area contributed by atoms with Crippen LogP contribution in [0.1, 0.15) is 12.5 Å². The fraction of sp³-hybridized carbons (Fsp3) is 0.278. The minimum atomic E-state index is -3.35. The van der Waals surface area contributed by atoms with Crippen LogP contribution in [0.5, 0.6) is 11.5 Å². The standard InChI is InChI=1S/C18H20N2O5S/c1-12-17(25-16-9-4-3-8-15(16)24-12)18(21)19-11-13-6-5-7-14(10-13)20-26(2,22)23/h3-10,12,17,20H,11H2,1-2H3,(H,19,21)/t12-,17+/m1/s1. The molecule has 0 bridgehead atoms. The van der Waals surface area contributed by atoms with E-state index < -0.39 is 22.2 Å². The number of hydrogen-bond acceptors (Lipinski definition) is 5. The molecule has 2 N–H and O–H groups in total. The van der Waals surface area contributed by atoms with Crippen LogP contribution in [-0.4, -0.2) is 32.8 Å². The molecule has 1 amide bonds. The lowest BCUT2D eigenvalue weighted by Gasteiger charge is -2.31. The number of rotatable bonds is 5. The van der Waals surface area contributed by atoms with Gasteiger partial charge in [-0.3, -0.25) is 9.52 Å². The second kappa shape index (κ2) is 7.25. The number of amides is 1. The van der Waals surface area contributed by atoms with Gasteiger partial charge in [0, 0.05) is 12.2 Å². The van der Waals surface area contributed by atoms with E-state index >= 15 is 0 Å². The number of carbonyl (C=O) groups excluding carboxylic acids is 1. The van der Waals surface area contributed by atoms with Gasteiger partial charge in [0.25, 0.3) is 5.91 Å². The highest BCUT2D eigenvalue weighted by Crippen LogP contribution is 2.33. The first kappa shape index (κ1) is 18.1. The normalized spacial score (nSPS) is 18.8. The Balaban J connectivity index is 1.63. The van der Waals surface area contributed by atoms with Gasteiger partial charge in [-0.05, 0) is 36.8 Å². The van der Waals surface area contributed by atoms with Gasteiger partial charge in [-0.15, -0.1) is 0 Å². The Hall–Kier alpha value is -2.74. The zero-order valence-corrected chi connectivity index (χ0v) is 15.2. The van der Waals surface area contributed by atoms with Gasteiger partial charge in [0.1, 0.15) is 6.10 Å². The molecule has 138 valence electrons. The molecular formula is C18H20N2O5S. The fourth-order valence-corrected chi connectivity index (χ4v) is 3.21. The summed E-state index contributed by atoms with van der Waals surface area (Å²) >= 11 is 0. The number of ether oxygens (including phenoxy) is 2. The molecule has 8 heteroatoms. The molecule has 0 saturated carbocycles. The highest BCUT2D eigenvalue weighted by molar-refractivity contribution is 7.92. The van der Waals surface area contributed by atoms with E-state index in [-0.39, 0.29) is 12.5 Å². The molecule has 0 spiro atoms. The van der Waals surface area contributed by atoms with Gasteiger partial charge in [0.15, 0.2) is 11.5 Å². The minimum absolute atomic E-state index is 0.242. The summed E-state index contributed by atoms with van der Waals surface area (Å²) in [4.78, 5) is 12.5. The van der Waals surface area contributed by atoms with Crippen LogP contribution in [-0.2, 0) is 21.4 Å². The van der Waals surface area contributed by atoms with Gasteiger partial charge in [0.2, 0.25) is 16.1 Å². The Morgan fingerprint density at radius 3 is 2.46 bits per heavy atom. The number of sulfonamides is 1. The van der Waals surface area contributed by atoms with Gasteiger partial charge in [0.05, 0.1) is 6.26 Å². The Labute approximate surface area is 152 Å². The van der Waals surface area contributed by atoms with Crippen molar-refractivity contribution < 1.29 is 22.7 Å². The first-order valence-corrected chi connectivity index (χ1v) is 9.98. The fourth-order valence-electron chi connectivity index (χ4n) is 2.65. The van der Waals surface area contributed by atoms with Crippen LogP contribution < -0.4 is 19.5 Å². The van der Waals surface area contributed by atoms with Crippen molar-refractivity contribution in [3.8, 4) is 11.5 Å². The number of carbonyl (C=O) groups is 1. The zero-order chi connectivity index (χ0) is 18.7. The van der Waals surface area contributed by atoms with Gasteiger partial charge < -0.3 is 14.8 Å². The Morgan fingerprint density at radius 2 is 1.77 bits per heavy atom. The van der Waals surface area contributed by atoms with Gasteiger partial charge in [-0.2, -0.15) is 0 Å². The van der Waals surface area contributed by atoms with E-state index in [1.807, 2.05) is 12.1 Å². The quantitative estimate of drug-likeness (QED) is 0.831. The van der Waals surface area contributed by atoms with Crippen molar-refractivity contribution >= 4 is 21.6 Å². The first-order chi connectivity index (χ1) is 12.3. The van der Waals surface area contributed by atoms with E-state index in [0.717, 1.165) is 11.8 Å². The zero-order valence-electron chi connectivity index (χ0n) is 14.4. The van der Waals surface area contributed by atoms with Crippen LogP contribution in [0.3, 0.4) is 0 Å². The molecule has 2 aromatic carbocycles. The number of fused-ring (bicyclic) bond motifs is 1.